The van der Waals surface area contributed by atoms with Gasteiger partial charge in [0.25, 0.3) is 0 Å². The van der Waals surface area contributed by atoms with Crippen LogP contribution in [0.4, 0.5) is 5.82 Å². The lowest BCUT2D eigenvalue weighted by atomic mass is 10.3. The molecule has 7 heteroatoms. The predicted octanol–water partition coefficient (Wildman–Crippen LogP) is 2.71. The number of thiazole rings is 1. The van der Waals surface area contributed by atoms with Gasteiger partial charge < -0.3 is 10.4 Å². The normalized spacial score (nSPS) is 10.7. The Morgan fingerprint density at radius 2 is 1.95 bits per heavy atom. The third-order valence-corrected chi connectivity index (χ3v) is 3.77. The van der Waals surface area contributed by atoms with Gasteiger partial charge in [0.15, 0.2) is 5.69 Å². The molecule has 0 bridgehead atoms. The standard InChI is InChI=1S/C14H12N4O2S/c1-8-13(18-10-5-3-2-4-9(10)16-8)15-6-12-17-11(7-21-12)14(19)20/h2-5,7H,6H2,1H3,(H,15,18)(H,19,20). The number of aryl methyl sites for hydroxylation is 1. The van der Waals surface area contributed by atoms with Crippen LogP contribution in [0.15, 0.2) is 29.6 Å². The smallest absolute Gasteiger partial charge is 0.355 e. The molecule has 2 N–H and O–H groups in total. The SMILES string of the molecule is Cc1nc2ccccc2nc1NCc1nc(C(=O)O)cs1. The van der Waals surface area contributed by atoms with Crippen LogP contribution in [-0.4, -0.2) is 26.0 Å². The number of anilines is 1. The maximum atomic E-state index is 10.8. The molecule has 2 heterocycles. The molecule has 0 amide bonds. The maximum absolute atomic E-state index is 10.8. The summed E-state index contributed by atoms with van der Waals surface area (Å²) in [6, 6.07) is 7.65. The van der Waals surface area contributed by atoms with Crippen LogP contribution >= 0.6 is 11.3 Å². The van der Waals surface area contributed by atoms with Crippen LogP contribution in [0.5, 0.6) is 0 Å². The Morgan fingerprint density at radius 1 is 1.24 bits per heavy atom. The molecule has 3 aromatic rings. The number of hydrogen-bond acceptors (Lipinski definition) is 6. The van der Waals surface area contributed by atoms with Gasteiger partial charge >= 0.3 is 5.97 Å². The Labute approximate surface area is 124 Å². The minimum atomic E-state index is -1.01. The molecule has 21 heavy (non-hydrogen) atoms. The first kappa shape index (κ1) is 13.4. The number of carboxylic acids is 1. The summed E-state index contributed by atoms with van der Waals surface area (Å²) in [5, 5.41) is 14.2. The van der Waals surface area contributed by atoms with Crippen LogP contribution < -0.4 is 5.32 Å². The highest BCUT2D eigenvalue weighted by molar-refractivity contribution is 7.09. The highest BCUT2D eigenvalue weighted by Gasteiger charge is 2.09. The third-order valence-electron chi connectivity index (χ3n) is 2.92. The Bertz CT molecular complexity index is 816. The second-order valence-corrected chi connectivity index (χ2v) is 5.37. The van der Waals surface area contributed by atoms with Crippen LogP contribution in [-0.2, 0) is 6.54 Å². The van der Waals surface area contributed by atoms with Gasteiger partial charge in [0, 0.05) is 5.38 Å². The number of benzene rings is 1. The number of rotatable bonds is 4. The van der Waals surface area contributed by atoms with Crippen LogP contribution in [0.2, 0.25) is 0 Å². The van der Waals surface area contributed by atoms with E-state index in [0.29, 0.717) is 17.4 Å². The van der Waals surface area contributed by atoms with E-state index in [4.69, 9.17) is 5.11 Å². The molecule has 1 aromatic carbocycles. The molecule has 0 atom stereocenters. The Hall–Kier alpha value is -2.54. The van der Waals surface area contributed by atoms with Crippen molar-refractivity contribution in [1.82, 2.24) is 15.0 Å². The number of fused-ring (bicyclic) bond motifs is 1. The van der Waals surface area contributed by atoms with E-state index in [0.717, 1.165) is 16.7 Å². The van der Waals surface area contributed by atoms with E-state index >= 15 is 0 Å². The minimum Gasteiger partial charge on any atom is -0.476 e. The molecular weight excluding hydrogens is 288 g/mol. The van der Waals surface area contributed by atoms with Gasteiger partial charge in [-0.1, -0.05) is 12.1 Å². The van der Waals surface area contributed by atoms with Crippen molar-refractivity contribution >= 4 is 34.2 Å². The summed E-state index contributed by atoms with van der Waals surface area (Å²) in [5.41, 5.74) is 2.53. The Balaban J connectivity index is 1.80. The molecule has 0 aliphatic heterocycles. The van der Waals surface area contributed by atoms with Crippen LogP contribution in [0.1, 0.15) is 21.2 Å². The van der Waals surface area contributed by atoms with Crippen molar-refractivity contribution in [2.75, 3.05) is 5.32 Å². The van der Waals surface area contributed by atoms with E-state index in [2.05, 4.69) is 20.3 Å². The second-order valence-electron chi connectivity index (χ2n) is 4.43. The number of nitrogens with zero attached hydrogens (tertiary/aromatic N) is 3. The molecule has 2 aromatic heterocycles. The van der Waals surface area contributed by atoms with Gasteiger partial charge in [-0.25, -0.2) is 19.7 Å². The molecule has 6 nitrogen and oxygen atoms in total. The molecule has 0 fully saturated rings. The summed E-state index contributed by atoms with van der Waals surface area (Å²) in [7, 11) is 0. The first-order chi connectivity index (χ1) is 10.1. The molecule has 0 aliphatic carbocycles. The third kappa shape index (κ3) is 2.82. The quantitative estimate of drug-likeness (QED) is 0.770. The average Bonchev–Trinajstić information content (AvgIpc) is 2.94. The largest absolute Gasteiger partial charge is 0.476 e. The number of hydrogen-bond donors (Lipinski definition) is 2. The lowest BCUT2D eigenvalue weighted by Crippen LogP contribution is -2.05. The second kappa shape index (κ2) is 5.45. The lowest BCUT2D eigenvalue weighted by molar-refractivity contribution is 0.0691. The molecule has 0 spiro atoms. The Morgan fingerprint density at radius 3 is 2.62 bits per heavy atom. The van der Waals surface area contributed by atoms with Gasteiger partial charge in [-0.15, -0.1) is 11.3 Å². The van der Waals surface area contributed by atoms with Crippen molar-refractivity contribution in [3.8, 4) is 0 Å². The van der Waals surface area contributed by atoms with E-state index in [-0.39, 0.29) is 5.69 Å². The molecule has 0 aliphatic rings. The fourth-order valence-electron chi connectivity index (χ4n) is 1.91. The Kier molecular flexibility index (Phi) is 3.49. The summed E-state index contributed by atoms with van der Waals surface area (Å²) in [6.45, 7) is 2.30. The number of carboxylic acid groups (broad SMARTS) is 1. The van der Waals surface area contributed by atoms with Crippen LogP contribution in [0, 0.1) is 6.92 Å². The van der Waals surface area contributed by atoms with Crippen LogP contribution in [0.25, 0.3) is 11.0 Å². The van der Waals surface area contributed by atoms with Crippen molar-refractivity contribution in [1.29, 1.82) is 0 Å². The highest BCUT2D eigenvalue weighted by Crippen LogP contribution is 2.17. The zero-order valence-electron chi connectivity index (χ0n) is 11.2. The first-order valence-corrected chi connectivity index (χ1v) is 7.16. The highest BCUT2D eigenvalue weighted by atomic mass is 32.1. The fourth-order valence-corrected chi connectivity index (χ4v) is 2.61. The molecule has 0 unspecified atom stereocenters. The molecule has 106 valence electrons. The number of aromatic nitrogens is 3. The van der Waals surface area contributed by atoms with Crippen molar-refractivity contribution < 1.29 is 9.90 Å². The summed E-state index contributed by atoms with van der Waals surface area (Å²) >= 11 is 1.30. The van der Waals surface area contributed by atoms with Gasteiger partial charge in [-0.2, -0.15) is 0 Å². The molecular formula is C14H12N4O2S. The number of carbonyl (C=O) groups is 1. The summed E-state index contributed by atoms with van der Waals surface area (Å²) in [5.74, 6) is -0.333. The summed E-state index contributed by atoms with van der Waals surface area (Å²) in [6.07, 6.45) is 0. The monoisotopic (exact) mass is 300 g/mol. The van der Waals surface area contributed by atoms with E-state index in [1.54, 1.807) is 0 Å². The van der Waals surface area contributed by atoms with Crippen molar-refractivity contribution in [3.05, 3.63) is 46.0 Å². The fraction of sp³-hybridized carbons (Fsp3) is 0.143. The van der Waals surface area contributed by atoms with Crippen molar-refractivity contribution in [2.24, 2.45) is 0 Å². The zero-order valence-corrected chi connectivity index (χ0v) is 12.0. The zero-order chi connectivity index (χ0) is 14.8. The van der Waals surface area contributed by atoms with Crippen molar-refractivity contribution in [2.45, 2.75) is 13.5 Å². The van der Waals surface area contributed by atoms with Gasteiger partial charge in [0.2, 0.25) is 0 Å². The van der Waals surface area contributed by atoms with Gasteiger partial charge in [0.1, 0.15) is 10.8 Å². The molecule has 0 saturated carbocycles. The summed E-state index contributed by atoms with van der Waals surface area (Å²) < 4.78 is 0. The topological polar surface area (TPSA) is 88.0 Å². The van der Waals surface area contributed by atoms with Gasteiger partial charge in [-0.3, -0.25) is 0 Å². The van der Waals surface area contributed by atoms with Gasteiger partial charge in [-0.05, 0) is 19.1 Å². The predicted molar refractivity (Wildman–Crippen MR) is 80.7 cm³/mol. The minimum absolute atomic E-state index is 0.0677. The number of aromatic carboxylic acids is 1. The summed E-state index contributed by atoms with van der Waals surface area (Å²) in [4.78, 5) is 23.8. The molecule has 0 radical (unpaired) electrons. The lowest BCUT2D eigenvalue weighted by Gasteiger charge is -2.07. The maximum Gasteiger partial charge on any atom is 0.355 e. The number of nitrogens with one attached hydrogen (secondary N) is 1. The van der Waals surface area contributed by atoms with Crippen LogP contribution in [0.3, 0.4) is 0 Å². The average molecular weight is 300 g/mol. The van der Waals surface area contributed by atoms with E-state index < -0.39 is 5.97 Å². The number of para-hydroxylation sites is 2. The van der Waals surface area contributed by atoms with Crippen molar-refractivity contribution in [3.63, 3.8) is 0 Å². The molecule has 0 saturated heterocycles. The van der Waals surface area contributed by atoms with Gasteiger partial charge in [0.05, 0.1) is 23.3 Å². The van der Waals surface area contributed by atoms with E-state index in [9.17, 15) is 4.79 Å². The van der Waals surface area contributed by atoms with E-state index in [1.165, 1.54) is 16.7 Å². The molecule has 3 rings (SSSR count). The first-order valence-electron chi connectivity index (χ1n) is 6.28. The van der Waals surface area contributed by atoms with E-state index in [1.807, 2.05) is 31.2 Å².